The van der Waals surface area contributed by atoms with E-state index in [9.17, 15) is 17.6 Å². The van der Waals surface area contributed by atoms with Crippen molar-refractivity contribution in [1.29, 1.82) is 0 Å². The van der Waals surface area contributed by atoms with E-state index in [4.69, 9.17) is 0 Å². The maximum Gasteiger partial charge on any atom is 0.256 e. The van der Waals surface area contributed by atoms with Gasteiger partial charge >= 0.3 is 0 Å². The number of benzene rings is 2. The second-order valence-corrected chi connectivity index (χ2v) is 10.0. The van der Waals surface area contributed by atoms with Crippen LogP contribution >= 0.6 is 0 Å². The van der Waals surface area contributed by atoms with E-state index in [1.165, 1.54) is 28.6 Å². The van der Waals surface area contributed by atoms with Gasteiger partial charge in [0.25, 0.3) is 5.91 Å². The van der Waals surface area contributed by atoms with Gasteiger partial charge in [-0.3, -0.25) is 4.79 Å². The molecule has 0 saturated carbocycles. The van der Waals surface area contributed by atoms with Crippen molar-refractivity contribution in [2.45, 2.75) is 24.8 Å². The van der Waals surface area contributed by atoms with Crippen LogP contribution in [-0.2, 0) is 10.0 Å². The van der Waals surface area contributed by atoms with Crippen LogP contribution in [0.2, 0.25) is 0 Å². The van der Waals surface area contributed by atoms with Gasteiger partial charge < -0.3 is 10.2 Å². The summed E-state index contributed by atoms with van der Waals surface area (Å²) in [6, 6.07) is 14.0. The molecule has 0 atom stereocenters. The summed E-state index contributed by atoms with van der Waals surface area (Å²) < 4.78 is 42.7. The van der Waals surface area contributed by atoms with Crippen LogP contribution in [-0.4, -0.2) is 54.6 Å². The minimum Gasteiger partial charge on any atom is -0.369 e. The Morgan fingerprint density at radius 3 is 2.39 bits per heavy atom. The SMILES string of the molecule is CC(C)n1nccc1NC(=O)c1cccc(S(=O)(=O)N2CCN(c3ccc(F)cc3)CC2)c1. The predicted molar refractivity (Wildman–Crippen MR) is 124 cm³/mol. The molecule has 1 aliphatic heterocycles. The highest BCUT2D eigenvalue weighted by Crippen LogP contribution is 2.23. The summed E-state index contributed by atoms with van der Waals surface area (Å²) in [6.45, 7) is 5.47. The molecule has 2 heterocycles. The Balaban J connectivity index is 1.46. The minimum atomic E-state index is -3.76. The number of rotatable bonds is 6. The molecule has 2 aromatic carbocycles. The van der Waals surface area contributed by atoms with Crippen LogP contribution < -0.4 is 10.2 Å². The van der Waals surface area contributed by atoms with E-state index in [1.54, 1.807) is 41.2 Å². The molecule has 0 spiro atoms. The summed E-state index contributed by atoms with van der Waals surface area (Å²) in [5.41, 5.74) is 1.10. The number of nitrogens with one attached hydrogen (secondary N) is 1. The fourth-order valence-corrected chi connectivity index (χ4v) is 5.27. The van der Waals surface area contributed by atoms with Gasteiger partial charge in [0.05, 0.1) is 11.1 Å². The van der Waals surface area contributed by atoms with E-state index in [1.807, 2.05) is 18.7 Å². The number of hydrogen-bond acceptors (Lipinski definition) is 5. The number of halogens is 1. The summed E-state index contributed by atoms with van der Waals surface area (Å²) in [5.74, 6) is -0.173. The fourth-order valence-electron chi connectivity index (χ4n) is 3.80. The molecule has 8 nitrogen and oxygen atoms in total. The second-order valence-electron chi connectivity index (χ2n) is 8.10. The molecule has 10 heteroatoms. The monoisotopic (exact) mass is 471 g/mol. The van der Waals surface area contributed by atoms with Gasteiger partial charge in [0.2, 0.25) is 10.0 Å². The number of nitrogens with zero attached hydrogens (tertiary/aromatic N) is 4. The number of piperazine rings is 1. The van der Waals surface area contributed by atoms with E-state index in [0.29, 0.717) is 32.0 Å². The van der Waals surface area contributed by atoms with Gasteiger partial charge in [-0.1, -0.05) is 6.07 Å². The average Bonchev–Trinajstić information content (AvgIpc) is 3.28. The number of sulfonamides is 1. The topological polar surface area (TPSA) is 87.5 Å². The first-order valence-electron chi connectivity index (χ1n) is 10.7. The number of aromatic nitrogens is 2. The van der Waals surface area contributed by atoms with Gasteiger partial charge in [-0.05, 0) is 56.3 Å². The molecule has 174 valence electrons. The number of anilines is 2. The third-order valence-corrected chi connectivity index (χ3v) is 7.46. The van der Waals surface area contributed by atoms with Crippen LogP contribution in [0.25, 0.3) is 0 Å². The van der Waals surface area contributed by atoms with E-state index in [2.05, 4.69) is 10.4 Å². The molecule has 1 N–H and O–H groups in total. The maximum absolute atomic E-state index is 13.2. The van der Waals surface area contributed by atoms with Gasteiger partial charge in [0.15, 0.2) is 0 Å². The van der Waals surface area contributed by atoms with Crippen molar-refractivity contribution >= 4 is 27.4 Å². The lowest BCUT2D eigenvalue weighted by Crippen LogP contribution is -2.48. The lowest BCUT2D eigenvalue weighted by atomic mass is 10.2. The average molecular weight is 472 g/mol. The van der Waals surface area contributed by atoms with E-state index >= 15 is 0 Å². The molecule has 1 amide bonds. The van der Waals surface area contributed by atoms with Crippen LogP contribution in [0.4, 0.5) is 15.9 Å². The maximum atomic E-state index is 13.2. The zero-order valence-electron chi connectivity index (χ0n) is 18.5. The Morgan fingerprint density at radius 1 is 1.03 bits per heavy atom. The summed E-state index contributed by atoms with van der Waals surface area (Å²) >= 11 is 0. The molecule has 4 rings (SSSR count). The van der Waals surface area contributed by atoms with Gasteiger partial charge in [-0.15, -0.1) is 0 Å². The molecular formula is C23H26FN5O3S. The van der Waals surface area contributed by atoms with Crippen LogP contribution in [0.15, 0.2) is 65.7 Å². The van der Waals surface area contributed by atoms with Gasteiger partial charge in [-0.2, -0.15) is 9.40 Å². The number of amides is 1. The van der Waals surface area contributed by atoms with Crippen LogP contribution in [0, 0.1) is 5.82 Å². The summed E-state index contributed by atoms with van der Waals surface area (Å²) in [4.78, 5) is 14.9. The first-order valence-corrected chi connectivity index (χ1v) is 12.2. The fraction of sp³-hybridized carbons (Fsp3) is 0.304. The Morgan fingerprint density at radius 2 is 1.73 bits per heavy atom. The number of hydrogen-bond donors (Lipinski definition) is 1. The number of carbonyl (C=O) groups excluding carboxylic acids is 1. The minimum absolute atomic E-state index is 0.0654. The summed E-state index contributed by atoms with van der Waals surface area (Å²) in [5, 5.41) is 6.98. The van der Waals surface area contributed by atoms with E-state index < -0.39 is 15.9 Å². The highest BCUT2D eigenvalue weighted by Gasteiger charge is 2.29. The Bertz CT molecular complexity index is 1230. The Labute approximate surface area is 192 Å². The van der Waals surface area contributed by atoms with Crippen molar-refractivity contribution in [3.05, 3.63) is 72.2 Å². The lowest BCUT2D eigenvalue weighted by molar-refractivity contribution is 0.102. The molecular weight excluding hydrogens is 445 g/mol. The highest BCUT2D eigenvalue weighted by molar-refractivity contribution is 7.89. The largest absolute Gasteiger partial charge is 0.369 e. The zero-order valence-corrected chi connectivity index (χ0v) is 19.3. The molecule has 0 unspecified atom stereocenters. The van der Waals surface area contributed by atoms with E-state index in [0.717, 1.165) is 5.69 Å². The van der Waals surface area contributed by atoms with Crippen molar-refractivity contribution in [3.8, 4) is 0 Å². The third kappa shape index (κ3) is 4.91. The van der Waals surface area contributed by atoms with Gasteiger partial charge in [-0.25, -0.2) is 17.5 Å². The summed E-state index contributed by atoms with van der Waals surface area (Å²) in [6.07, 6.45) is 1.60. The normalized spacial score (nSPS) is 15.1. The smallest absolute Gasteiger partial charge is 0.256 e. The van der Waals surface area contributed by atoms with Gasteiger partial charge in [0, 0.05) is 49.5 Å². The third-order valence-electron chi connectivity index (χ3n) is 5.57. The van der Waals surface area contributed by atoms with E-state index in [-0.39, 0.29) is 22.3 Å². The lowest BCUT2D eigenvalue weighted by Gasteiger charge is -2.35. The van der Waals surface area contributed by atoms with Crippen molar-refractivity contribution in [2.75, 3.05) is 36.4 Å². The first-order chi connectivity index (χ1) is 15.8. The Hall–Kier alpha value is -3.24. The molecule has 0 bridgehead atoms. The zero-order chi connectivity index (χ0) is 23.6. The molecule has 0 radical (unpaired) electrons. The van der Waals surface area contributed by atoms with Crippen molar-refractivity contribution in [2.24, 2.45) is 0 Å². The molecule has 1 saturated heterocycles. The molecule has 3 aromatic rings. The Kier molecular flexibility index (Phi) is 6.48. The molecule has 1 fully saturated rings. The van der Waals surface area contributed by atoms with Crippen LogP contribution in [0.5, 0.6) is 0 Å². The second kappa shape index (κ2) is 9.32. The summed E-state index contributed by atoms with van der Waals surface area (Å²) in [7, 11) is -3.76. The van der Waals surface area contributed by atoms with Crippen molar-refractivity contribution < 1.29 is 17.6 Å². The molecule has 1 aromatic heterocycles. The predicted octanol–water partition coefficient (Wildman–Crippen LogP) is 3.37. The molecule has 33 heavy (non-hydrogen) atoms. The van der Waals surface area contributed by atoms with Gasteiger partial charge in [0.1, 0.15) is 11.6 Å². The van der Waals surface area contributed by atoms with Crippen molar-refractivity contribution in [3.63, 3.8) is 0 Å². The van der Waals surface area contributed by atoms with Crippen LogP contribution in [0.3, 0.4) is 0 Å². The van der Waals surface area contributed by atoms with Crippen LogP contribution in [0.1, 0.15) is 30.2 Å². The standard InChI is InChI=1S/C23H26FN5O3S/c1-17(2)29-22(10-11-25-29)26-23(30)18-4-3-5-21(16-18)33(31,32)28-14-12-27(13-15-28)20-8-6-19(24)7-9-20/h3-11,16-17H,12-15H2,1-2H3,(H,26,30). The first kappa shape index (κ1) is 22.9. The quantitative estimate of drug-likeness (QED) is 0.596. The highest BCUT2D eigenvalue weighted by atomic mass is 32.2. The molecule has 0 aliphatic carbocycles. The van der Waals surface area contributed by atoms with Crippen molar-refractivity contribution in [1.82, 2.24) is 14.1 Å². The number of carbonyl (C=O) groups is 1. The molecule has 1 aliphatic rings.